The minimum Gasteiger partial charge on any atom is -0.446 e. The Kier molecular flexibility index (Phi) is 14.1. The molecule has 4 N–H and O–H groups in total. The molecule has 6 rings (SSSR count). The zero-order chi connectivity index (χ0) is 38.6. The quantitative estimate of drug-likeness (QED) is 0.136. The van der Waals surface area contributed by atoms with Gasteiger partial charge in [0.1, 0.15) is 29.8 Å². The molecule has 3 heterocycles. The highest BCUT2D eigenvalue weighted by Gasteiger charge is 2.45. The summed E-state index contributed by atoms with van der Waals surface area (Å²) < 4.78 is 17.5. The van der Waals surface area contributed by atoms with E-state index >= 15 is 0 Å². The molecule has 4 amide bonds. The first kappa shape index (κ1) is 39.7. The number of para-hydroxylation sites is 2. The molecule has 55 heavy (non-hydrogen) atoms. The lowest BCUT2D eigenvalue weighted by atomic mass is 9.98. The van der Waals surface area contributed by atoms with Crippen LogP contribution in [0, 0.1) is 0 Å². The van der Waals surface area contributed by atoms with Crippen molar-refractivity contribution in [1.29, 1.82) is 0 Å². The molecular weight excluding hydrogens is 704 g/mol. The van der Waals surface area contributed by atoms with Gasteiger partial charge in [-0.25, -0.2) is 14.6 Å². The fourth-order valence-electron chi connectivity index (χ4n) is 7.75. The van der Waals surface area contributed by atoms with Crippen molar-refractivity contribution in [3.8, 4) is 0 Å². The molecule has 14 heteroatoms. The number of oxazole rings is 1. The summed E-state index contributed by atoms with van der Waals surface area (Å²) in [5.41, 5.74) is 7.69. The van der Waals surface area contributed by atoms with Gasteiger partial charge in [0, 0.05) is 19.5 Å². The number of amides is 4. The molecule has 0 radical (unpaired) electrons. The van der Waals surface area contributed by atoms with Crippen LogP contribution < -0.4 is 16.4 Å². The van der Waals surface area contributed by atoms with Gasteiger partial charge in [-0.3, -0.25) is 14.4 Å². The van der Waals surface area contributed by atoms with Gasteiger partial charge in [-0.15, -0.1) is 0 Å². The van der Waals surface area contributed by atoms with Gasteiger partial charge in [-0.2, -0.15) is 0 Å². The lowest BCUT2D eigenvalue weighted by Crippen LogP contribution is -2.55. The molecule has 4 atom stereocenters. The highest BCUT2D eigenvalue weighted by Crippen LogP contribution is 2.26. The first-order chi connectivity index (χ1) is 26.8. The van der Waals surface area contributed by atoms with Crippen molar-refractivity contribution in [3.05, 3.63) is 66.1 Å². The number of aromatic nitrogens is 1. The molecule has 14 nitrogen and oxygen atoms in total. The molecular formula is C41H54N6O8. The van der Waals surface area contributed by atoms with Gasteiger partial charge in [0.15, 0.2) is 5.58 Å². The zero-order valence-electron chi connectivity index (χ0n) is 31.5. The number of carbonyl (C=O) groups excluding carboxylic acids is 5. The fourth-order valence-corrected chi connectivity index (χ4v) is 7.75. The van der Waals surface area contributed by atoms with Crippen molar-refractivity contribution in [3.63, 3.8) is 0 Å². The van der Waals surface area contributed by atoms with Gasteiger partial charge in [0.2, 0.25) is 17.6 Å². The zero-order valence-corrected chi connectivity index (χ0v) is 31.5. The number of carbonyl (C=O) groups is 5. The minimum absolute atomic E-state index is 0.0156. The van der Waals surface area contributed by atoms with Crippen LogP contribution in [-0.2, 0) is 25.5 Å². The molecule has 1 aliphatic carbocycles. The number of benzene rings is 2. The highest BCUT2D eigenvalue weighted by molar-refractivity contribution is 6.01. The van der Waals surface area contributed by atoms with E-state index in [-0.39, 0.29) is 37.8 Å². The highest BCUT2D eigenvalue weighted by atomic mass is 16.6. The van der Waals surface area contributed by atoms with E-state index in [1.54, 1.807) is 29.2 Å². The Morgan fingerprint density at radius 2 is 1.55 bits per heavy atom. The smallest absolute Gasteiger partial charge is 0.410 e. The summed E-state index contributed by atoms with van der Waals surface area (Å²) in [5.74, 6) is -1.72. The maximum Gasteiger partial charge on any atom is 0.410 e. The van der Waals surface area contributed by atoms with E-state index in [2.05, 4.69) is 15.6 Å². The lowest BCUT2D eigenvalue weighted by Gasteiger charge is -2.30. The van der Waals surface area contributed by atoms with Gasteiger partial charge in [0.25, 0.3) is 5.89 Å². The number of aryl methyl sites for hydroxylation is 1. The number of rotatable bonds is 15. The number of piperidine rings is 1. The Morgan fingerprint density at radius 3 is 2.29 bits per heavy atom. The van der Waals surface area contributed by atoms with Gasteiger partial charge < -0.3 is 40.1 Å². The van der Waals surface area contributed by atoms with Crippen molar-refractivity contribution in [2.24, 2.45) is 5.73 Å². The van der Waals surface area contributed by atoms with Gasteiger partial charge in [-0.05, 0) is 101 Å². The molecule has 2 saturated heterocycles. The number of unbranched alkanes of at least 4 members (excludes halogenated alkanes) is 1. The van der Waals surface area contributed by atoms with Crippen LogP contribution in [0.4, 0.5) is 9.59 Å². The van der Waals surface area contributed by atoms with Crippen LogP contribution in [0.3, 0.4) is 0 Å². The molecule has 0 spiro atoms. The van der Waals surface area contributed by atoms with Crippen molar-refractivity contribution >= 4 is 40.9 Å². The minimum atomic E-state index is -1.10. The number of fused-ring (bicyclic) bond motifs is 1. The average molecular weight is 759 g/mol. The lowest BCUT2D eigenvalue weighted by molar-refractivity contribution is -0.140. The van der Waals surface area contributed by atoms with Crippen LogP contribution in [0.15, 0.2) is 59.0 Å². The second-order valence-electron chi connectivity index (χ2n) is 14.9. The van der Waals surface area contributed by atoms with Gasteiger partial charge in [0.05, 0.1) is 12.6 Å². The maximum absolute atomic E-state index is 14.6. The SMILES string of the molecule is NCCCC[C@H](NC(=O)[C@@H]1C[C@@H](OC(=O)N2CCCCC2)CN1C(=O)[C@@H](CCc1ccccc1)NC(=O)OC1CCCCC1)C(=O)c1nc2ccccc2o1. The molecule has 0 unspecified atom stereocenters. The van der Waals surface area contributed by atoms with Crippen LogP contribution in [0.2, 0.25) is 0 Å². The predicted octanol–water partition coefficient (Wildman–Crippen LogP) is 5.28. The summed E-state index contributed by atoms with van der Waals surface area (Å²) in [6.07, 6.45) is 7.34. The van der Waals surface area contributed by atoms with E-state index in [9.17, 15) is 24.0 Å². The first-order valence-electron chi connectivity index (χ1n) is 20.0. The van der Waals surface area contributed by atoms with Crippen molar-refractivity contribution in [1.82, 2.24) is 25.4 Å². The third kappa shape index (κ3) is 10.8. The first-order valence-corrected chi connectivity index (χ1v) is 20.0. The summed E-state index contributed by atoms with van der Waals surface area (Å²) in [5, 5.41) is 5.71. The van der Waals surface area contributed by atoms with Gasteiger partial charge in [-0.1, -0.05) is 48.9 Å². The van der Waals surface area contributed by atoms with Crippen molar-refractivity contribution in [2.75, 3.05) is 26.2 Å². The van der Waals surface area contributed by atoms with E-state index < -0.39 is 54.0 Å². The standard InChI is InChI=1S/C41H54N6O8/c42-23-11-10-19-32(36(48)38-44-31-18-8-9-20-35(31)55-38)43-37(49)34-26-30(54-41(52)46-24-12-3-13-25-46)27-47(34)39(50)33(22-21-28-14-4-1-5-15-28)45-40(51)53-29-16-6-2-7-17-29/h1,4-5,8-9,14-15,18,20,29-30,32-34H,2-3,6-7,10-13,16-17,19,21-27,42H2,(H,43,49)(H,45,51)/t30-,32+,33-,34+/m1/s1. The Morgan fingerprint density at radius 1 is 0.818 bits per heavy atom. The van der Waals surface area contributed by atoms with Gasteiger partial charge >= 0.3 is 12.2 Å². The summed E-state index contributed by atoms with van der Waals surface area (Å²) in [6.45, 7) is 1.51. The Balaban J connectivity index is 1.23. The second-order valence-corrected chi connectivity index (χ2v) is 14.9. The van der Waals surface area contributed by atoms with Crippen LogP contribution >= 0.6 is 0 Å². The number of ether oxygens (including phenoxy) is 2. The largest absolute Gasteiger partial charge is 0.446 e. The third-order valence-corrected chi connectivity index (χ3v) is 10.8. The molecule has 1 saturated carbocycles. The number of ketones is 1. The third-order valence-electron chi connectivity index (χ3n) is 10.8. The number of nitrogens with one attached hydrogen (secondary N) is 2. The van der Waals surface area contributed by atoms with Crippen LogP contribution in [0.5, 0.6) is 0 Å². The Bertz CT molecular complexity index is 1720. The molecule has 3 aliphatic rings. The number of nitrogens with two attached hydrogens (primary N) is 1. The van der Waals surface area contributed by atoms with Crippen molar-refractivity contribution in [2.45, 2.75) is 120 Å². The summed E-state index contributed by atoms with van der Waals surface area (Å²) in [7, 11) is 0. The summed E-state index contributed by atoms with van der Waals surface area (Å²) in [6, 6.07) is 13.5. The molecule has 0 bridgehead atoms. The molecule has 1 aromatic heterocycles. The predicted molar refractivity (Wildman–Crippen MR) is 204 cm³/mol. The number of nitrogens with zero attached hydrogens (tertiary/aromatic N) is 3. The van der Waals surface area contributed by atoms with E-state index in [0.717, 1.165) is 56.9 Å². The monoisotopic (exact) mass is 758 g/mol. The van der Waals surface area contributed by atoms with E-state index in [1.165, 1.54) is 4.90 Å². The number of likely N-dealkylation sites (tertiary alicyclic amines) is 2. The molecule has 296 valence electrons. The number of Topliss-reactive ketones (excluding diaryl/α,β-unsaturated/α-hetero) is 1. The molecule has 3 aromatic rings. The topological polar surface area (TPSA) is 186 Å². The Labute approximate surface area is 321 Å². The summed E-state index contributed by atoms with van der Waals surface area (Å²) >= 11 is 0. The van der Waals surface area contributed by atoms with Crippen LogP contribution in [0.25, 0.3) is 11.1 Å². The average Bonchev–Trinajstić information content (AvgIpc) is 3.85. The summed E-state index contributed by atoms with van der Waals surface area (Å²) in [4.78, 5) is 76.7. The molecule has 2 aliphatic heterocycles. The van der Waals surface area contributed by atoms with E-state index in [1.807, 2.05) is 30.3 Å². The van der Waals surface area contributed by atoms with E-state index in [0.29, 0.717) is 50.0 Å². The number of alkyl carbamates (subject to hydrolysis) is 1. The number of hydrogen-bond donors (Lipinski definition) is 3. The number of hydrogen-bond acceptors (Lipinski definition) is 10. The van der Waals surface area contributed by atoms with Crippen LogP contribution in [-0.4, -0.2) is 101 Å². The van der Waals surface area contributed by atoms with Crippen molar-refractivity contribution < 1.29 is 37.9 Å². The van der Waals surface area contributed by atoms with Crippen LogP contribution in [0.1, 0.15) is 99.7 Å². The Hall–Kier alpha value is -4.98. The maximum atomic E-state index is 14.6. The second kappa shape index (κ2) is 19.6. The van der Waals surface area contributed by atoms with E-state index in [4.69, 9.17) is 19.6 Å². The fraction of sp³-hybridized carbons (Fsp3) is 0.561. The molecule has 3 fully saturated rings. The normalized spacial score (nSPS) is 20.1. The molecule has 2 aromatic carbocycles.